The van der Waals surface area contributed by atoms with E-state index >= 15 is 0 Å². The molecule has 258 valence electrons. The third-order valence-electron chi connectivity index (χ3n) is 8.62. The Bertz CT molecular complexity index is 1440. The highest BCUT2D eigenvalue weighted by molar-refractivity contribution is 5.99. The molecule has 1 aromatic heterocycles. The number of benzene rings is 1. The molecule has 2 saturated heterocycles. The maximum Gasteiger partial charge on any atom is 0.252 e. The van der Waals surface area contributed by atoms with Crippen LogP contribution in [0.3, 0.4) is 0 Å². The van der Waals surface area contributed by atoms with E-state index in [9.17, 15) is 33.9 Å². The number of aliphatic hydroxyl groups excluding tert-OH is 1. The standard InChI is InChI=1S/C34H45N7O7/c1-3-24-30(44)40-28(21(2)42)33(47)39-26(20-22-10-5-4-6-11-22)34(48)41-19-9-13-27(41)32(46)36-16-8-7-12-25(31(45)37-24)38-29(43)23-14-17-35-18-15-23/h4-6,10-11,14-15,17-18,21,24-28,42H,3,7-9,12-13,16,19-20H2,1-2H3,(H,36,46)(H,37,45)(H,38,43)(H,39,47)(H,40,44)/t21-,24+,25+,26-,27+,28+/m1/s1. The molecule has 0 unspecified atom stereocenters. The topological polar surface area (TPSA) is 199 Å². The first-order valence-corrected chi connectivity index (χ1v) is 16.5. The van der Waals surface area contributed by atoms with Gasteiger partial charge in [0, 0.05) is 37.5 Å². The summed E-state index contributed by atoms with van der Waals surface area (Å²) in [5, 5.41) is 24.1. The van der Waals surface area contributed by atoms with E-state index in [0.29, 0.717) is 37.8 Å². The van der Waals surface area contributed by atoms with Crippen LogP contribution in [0.4, 0.5) is 0 Å². The molecule has 2 aliphatic rings. The normalized spacial score (nSPS) is 25.6. The number of hydrogen-bond acceptors (Lipinski definition) is 8. The van der Waals surface area contributed by atoms with E-state index in [1.807, 2.05) is 30.3 Å². The highest BCUT2D eigenvalue weighted by atomic mass is 16.3. The van der Waals surface area contributed by atoms with Gasteiger partial charge in [-0.25, -0.2) is 0 Å². The summed E-state index contributed by atoms with van der Waals surface area (Å²) >= 11 is 0. The van der Waals surface area contributed by atoms with Gasteiger partial charge in [0.05, 0.1) is 6.10 Å². The molecule has 2 aromatic rings. The Hall–Kier alpha value is -4.85. The zero-order valence-electron chi connectivity index (χ0n) is 27.3. The van der Waals surface area contributed by atoms with Crippen molar-refractivity contribution in [2.45, 2.75) is 95.1 Å². The molecule has 4 rings (SSSR count). The van der Waals surface area contributed by atoms with Gasteiger partial charge in [0.15, 0.2) is 0 Å². The largest absolute Gasteiger partial charge is 0.391 e. The van der Waals surface area contributed by atoms with Crippen molar-refractivity contribution in [3.63, 3.8) is 0 Å². The zero-order valence-corrected chi connectivity index (χ0v) is 27.3. The molecule has 0 spiro atoms. The molecule has 3 heterocycles. The number of aromatic nitrogens is 1. The summed E-state index contributed by atoms with van der Waals surface area (Å²) in [5.41, 5.74) is 1.07. The number of amides is 6. The number of rotatable bonds is 6. The van der Waals surface area contributed by atoms with Crippen molar-refractivity contribution in [1.29, 1.82) is 0 Å². The summed E-state index contributed by atoms with van der Waals surface area (Å²) in [4.78, 5) is 86.1. The minimum atomic E-state index is -1.46. The van der Waals surface area contributed by atoms with E-state index in [4.69, 9.17) is 0 Å². The first kappa shape index (κ1) is 36.0. The number of nitrogens with zero attached hydrogens (tertiary/aromatic N) is 2. The summed E-state index contributed by atoms with van der Waals surface area (Å²) in [6, 6.07) is 6.72. The molecule has 1 aromatic carbocycles. The smallest absolute Gasteiger partial charge is 0.252 e. The minimum absolute atomic E-state index is 0.122. The second kappa shape index (κ2) is 17.3. The fourth-order valence-electron chi connectivity index (χ4n) is 5.92. The van der Waals surface area contributed by atoms with E-state index < -0.39 is 65.8 Å². The van der Waals surface area contributed by atoms with Gasteiger partial charge in [-0.3, -0.25) is 33.8 Å². The predicted molar refractivity (Wildman–Crippen MR) is 175 cm³/mol. The van der Waals surface area contributed by atoms with Gasteiger partial charge in [0.1, 0.15) is 30.2 Å². The van der Waals surface area contributed by atoms with E-state index in [1.54, 1.807) is 6.92 Å². The van der Waals surface area contributed by atoms with Gasteiger partial charge in [-0.2, -0.15) is 0 Å². The number of carbonyl (C=O) groups excluding carboxylic acids is 6. The number of carbonyl (C=O) groups is 6. The van der Waals surface area contributed by atoms with Crippen molar-refractivity contribution >= 4 is 35.4 Å². The first-order chi connectivity index (χ1) is 23.1. The number of pyridine rings is 1. The fraction of sp³-hybridized carbons (Fsp3) is 0.500. The third-order valence-corrected chi connectivity index (χ3v) is 8.62. The van der Waals surface area contributed by atoms with E-state index in [2.05, 4.69) is 31.6 Å². The fourth-order valence-corrected chi connectivity index (χ4v) is 5.92. The van der Waals surface area contributed by atoms with Crippen LogP contribution in [-0.2, 0) is 30.4 Å². The van der Waals surface area contributed by atoms with Gasteiger partial charge in [0.25, 0.3) is 5.91 Å². The quantitative estimate of drug-likeness (QED) is 0.247. The highest BCUT2D eigenvalue weighted by Crippen LogP contribution is 2.20. The molecule has 6 amide bonds. The van der Waals surface area contributed by atoms with Crippen molar-refractivity contribution in [2.24, 2.45) is 0 Å². The Morgan fingerprint density at radius 3 is 2.29 bits per heavy atom. The number of nitrogens with one attached hydrogen (secondary N) is 5. The van der Waals surface area contributed by atoms with Crippen molar-refractivity contribution in [3.8, 4) is 0 Å². The van der Waals surface area contributed by atoms with Gasteiger partial charge in [-0.05, 0) is 63.1 Å². The lowest BCUT2D eigenvalue weighted by Gasteiger charge is -2.30. The van der Waals surface area contributed by atoms with E-state index in [1.165, 1.54) is 36.4 Å². The molecule has 0 aliphatic carbocycles. The summed E-state index contributed by atoms with van der Waals surface area (Å²) in [7, 11) is 0. The number of fused-ring (bicyclic) bond motifs is 1. The predicted octanol–water partition coefficient (Wildman–Crippen LogP) is -0.0410. The van der Waals surface area contributed by atoms with Gasteiger partial charge in [-0.15, -0.1) is 0 Å². The van der Waals surface area contributed by atoms with Crippen molar-refractivity contribution in [2.75, 3.05) is 13.1 Å². The molecule has 0 saturated carbocycles. The lowest BCUT2D eigenvalue weighted by Crippen LogP contribution is -2.61. The molecule has 14 heteroatoms. The average Bonchev–Trinajstić information content (AvgIpc) is 3.58. The summed E-state index contributed by atoms with van der Waals surface area (Å²) in [5.74, 6) is -3.37. The number of aliphatic hydroxyl groups is 1. The lowest BCUT2D eigenvalue weighted by atomic mass is 10.0. The Labute approximate surface area is 279 Å². The Morgan fingerprint density at radius 2 is 1.60 bits per heavy atom. The molecule has 48 heavy (non-hydrogen) atoms. The van der Waals surface area contributed by atoms with Crippen LogP contribution in [0.15, 0.2) is 54.9 Å². The van der Waals surface area contributed by atoms with E-state index in [0.717, 1.165) is 5.56 Å². The van der Waals surface area contributed by atoms with Gasteiger partial charge in [-0.1, -0.05) is 37.3 Å². The van der Waals surface area contributed by atoms with Crippen LogP contribution >= 0.6 is 0 Å². The monoisotopic (exact) mass is 663 g/mol. The molecule has 2 aliphatic heterocycles. The molecule has 0 bridgehead atoms. The van der Waals surface area contributed by atoms with Crippen LogP contribution in [0, 0.1) is 0 Å². The molecule has 14 nitrogen and oxygen atoms in total. The molecular weight excluding hydrogens is 618 g/mol. The van der Waals surface area contributed by atoms with Gasteiger partial charge in [0.2, 0.25) is 29.5 Å². The van der Waals surface area contributed by atoms with Crippen molar-refractivity contribution in [1.82, 2.24) is 36.5 Å². The van der Waals surface area contributed by atoms with Crippen molar-refractivity contribution in [3.05, 3.63) is 66.0 Å². The summed E-state index contributed by atoms with van der Waals surface area (Å²) < 4.78 is 0. The second-order valence-corrected chi connectivity index (χ2v) is 12.2. The number of hydrogen-bond donors (Lipinski definition) is 6. The molecule has 6 atom stereocenters. The molecule has 6 N–H and O–H groups in total. The second-order valence-electron chi connectivity index (χ2n) is 12.2. The Kier molecular flexibility index (Phi) is 13.0. The molecule has 2 fully saturated rings. The van der Waals surface area contributed by atoms with Crippen LogP contribution in [0.25, 0.3) is 0 Å². The van der Waals surface area contributed by atoms with Crippen LogP contribution < -0.4 is 26.6 Å². The minimum Gasteiger partial charge on any atom is -0.391 e. The average molecular weight is 664 g/mol. The first-order valence-electron chi connectivity index (χ1n) is 16.5. The third kappa shape index (κ3) is 9.59. The zero-order chi connectivity index (χ0) is 34.6. The van der Waals surface area contributed by atoms with Crippen LogP contribution in [0.1, 0.15) is 68.3 Å². The molecule has 0 radical (unpaired) electrons. The van der Waals surface area contributed by atoms with E-state index in [-0.39, 0.29) is 31.7 Å². The van der Waals surface area contributed by atoms with Crippen LogP contribution in [-0.4, -0.2) is 99.8 Å². The van der Waals surface area contributed by atoms with Crippen LogP contribution in [0.5, 0.6) is 0 Å². The lowest BCUT2D eigenvalue weighted by molar-refractivity contribution is -0.142. The van der Waals surface area contributed by atoms with Crippen molar-refractivity contribution < 1.29 is 33.9 Å². The molecular formula is C34H45N7O7. The SMILES string of the molecule is CC[C@@H]1NC(=O)[C@@H](NC(=O)c2ccncc2)CCCCNC(=O)[C@@H]2CCCN2C(=O)[C@@H](Cc2ccccc2)NC(=O)[C@H]([C@@H](C)O)NC1=O. The maximum atomic E-state index is 14.0. The Morgan fingerprint density at radius 1 is 0.896 bits per heavy atom. The Balaban J connectivity index is 1.61. The van der Waals surface area contributed by atoms with Gasteiger partial charge >= 0.3 is 0 Å². The summed E-state index contributed by atoms with van der Waals surface area (Å²) in [6.07, 6.45) is 4.04. The van der Waals surface area contributed by atoms with Crippen LogP contribution in [0.2, 0.25) is 0 Å². The highest BCUT2D eigenvalue weighted by Gasteiger charge is 2.39. The van der Waals surface area contributed by atoms with Gasteiger partial charge < -0.3 is 36.6 Å². The summed E-state index contributed by atoms with van der Waals surface area (Å²) in [6.45, 7) is 3.62. The maximum absolute atomic E-state index is 14.0.